The molecule has 0 fully saturated rings. The standard InChI is InChI=1S/C16H13Cl3N2/c1-2-15(11-4-5-12(17)13(18)8-11)21-16-6-3-10(9-20)7-14(16)19/h3-8,15,21H,2H2,1H3. The van der Waals surface area contributed by atoms with E-state index in [9.17, 15) is 0 Å². The van der Waals surface area contributed by atoms with Gasteiger partial charge in [-0.25, -0.2) is 0 Å². The van der Waals surface area contributed by atoms with Gasteiger partial charge in [0.05, 0.1) is 38.4 Å². The summed E-state index contributed by atoms with van der Waals surface area (Å²) in [6, 6.07) is 12.9. The molecular weight excluding hydrogens is 327 g/mol. The van der Waals surface area contributed by atoms with Gasteiger partial charge in [-0.2, -0.15) is 5.26 Å². The monoisotopic (exact) mass is 338 g/mol. The number of hydrogen-bond acceptors (Lipinski definition) is 2. The van der Waals surface area contributed by atoms with Crippen LogP contribution in [0.2, 0.25) is 15.1 Å². The van der Waals surface area contributed by atoms with Crippen LogP contribution < -0.4 is 5.32 Å². The van der Waals surface area contributed by atoms with Crippen molar-refractivity contribution in [1.82, 2.24) is 0 Å². The fourth-order valence-corrected chi connectivity index (χ4v) is 2.58. The highest BCUT2D eigenvalue weighted by Gasteiger charge is 2.12. The van der Waals surface area contributed by atoms with Crippen molar-refractivity contribution < 1.29 is 0 Å². The van der Waals surface area contributed by atoms with Gasteiger partial charge in [0.25, 0.3) is 0 Å². The summed E-state index contributed by atoms with van der Waals surface area (Å²) in [5.41, 5.74) is 2.36. The Labute approximate surface area is 139 Å². The Balaban J connectivity index is 2.27. The van der Waals surface area contributed by atoms with Crippen LogP contribution in [0.5, 0.6) is 0 Å². The average molecular weight is 340 g/mol. The van der Waals surface area contributed by atoms with Crippen LogP contribution in [0, 0.1) is 11.3 Å². The minimum Gasteiger partial charge on any atom is -0.377 e. The predicted octanol–water partition coefficient (Wildman–Crippen LogP) is 6.08. The molecule has 0 heterocycles. The van der Waals surface area contributed by atoms with E-state index in [1.165, 1.54) is 0 Å². The second-order valence-electron chi connectivity index (χ2n) is 4.59. The second kappa shape index (κ2) is 7.04. The molecule has 0 aliphatic rings. The third-order valence-electron chi connectivity index (χ3n) is 3.18. The van der Waals surface area contributed by atoms with E-state index in [1.54, 1.807) is 24.3 Å². The van der Waals surface area contributed by atoms with E-state index in [0.29, 0.717) is 20.6 Å². The third-order valence-corrected chi connectivity index (χ3v) is 4.23. The molecule has 0 radical (unpaired) electrons. The summed E-state index contributed by atoms with van der Waals surface area (Å²) in [6.45, 7) is 2.07. The maximum atomic E-state index is 8.86. The van der Waals surface area contributed by atoms with Gasteiger partial charge in [-0.05, 0) is 42.3 Å². The first-order valence-corrected chi connectivity index (χ1v) is 7.59. The van der Waals surface area contributed by atoms with Gasteiger partial charge >= 0.3 is 0 Å². The minimum atomic E-state index is 0.0604. The fourth-order valence-electron chi connectivity index (χ4n) is 2.04. The first kappa shape index (κ1) is 16.0. The van der Waals surface area contributed by atoms with E-state index < -0.39 is 0 Å². The molecule has 5 heteroatoms. The van der Waals surface area contributed by atoms with Crippen LogP contribution in [0.25, 0.3) is 0 Å². The normalized spacial score (nSPS) is 11.8. The Kier molecular flexibility index (Phi) is 5.36. The zero-order chi connectivity index (χ0) is 15.4. The zero-order valence-electron chi connectivity index (χ0n) is 11.3. The first-order chi connectivity index (χ1) is 10.0. The molecule has 2 nitrogen and oxygen atoms in total. The number of hydrogen-bond donors (Lipinski definition) is 1. The van der Waals surface area contributed by atoms with Gasteiger partial charge < -0.3 is 5.32 Å². The van der Waals surface area contributed by atoms with Gasteiger partial charge in [-0.15, -0.1) is 0 Å². The molecule has 0 saturated carbocycles. The van der Waals surface area contributed by atoms with Gasteiger partial charge in [0.1, 0.15) is 0 Å². The average Bonchev–Trinajstić information content (AvgIpc) is 2.49. The second-order valence-corrected chi connectivity index (χ2v) is 5.81. The summed E-state index contributed by atoms with van der Waals surface area (Å²) in [5, 5.41) is 13.8. The van der Waals surface area contributed by atoms with E-state index in [0.717, 1.165) is 17.7 Å². The van der Waals surface area contributed by atoms with Crippen LogP contribution in [0.3, 0.4) is 0 Å². The molecule has 0 aromatic heterocycles. The molecule has 0 aliphatic heterocycles. The molecule has 2 aromatic rings. The van der Waals surface area contributed by atoms with E-state index in [4.69, 9.17) is 40.1 Å². The Bertz CT molecular complexity index is 692. The number of anilines is 1. The van der Waals surface area contributed by atoms with Crippen LogP contribution >= 0.6 is 34.8 Å². The van der Waals surface area contributed by atoms with Crippen molar-refractivity contribution in [3.8, 4) is 6.07 Å². The molecule has 0 aliphatic carbocycles. The van der Waals surface area contributed by atoms with Crippen molar-refractivity contribution in [3.05, 3.63) is 62.6 Å². The van der Waals surface area contributed by atoms with E-state index >= 15 is 0 Å². The Morgan fingerprint density at radius 2 is 1.81 bits per heavy atom. The van der Waals surface area contributed by atoms with E-state index in [-0.39, 0.29) is 6.04 Å². The minimum absolute atomic E-state index is 0.0604. The molecule has 2 rings (SSSR count). The quantitative estimate of drug-likeness (QED) is 0.732. The van der Waals surface area contributed by atoms with Crippen LogP contribution in [0.4, 0.5) is 5.69 Å². The third kappa shape index (κ3) is 3.83. The highest BCUT2D eigenvalue weighted by molar-refractivity contribution is 6.42. The molecule has 0 saturated heterocycles. The summed E-state index contributed by atoms with van der Waals surface area (Å²) in [4.78, 5) is 0. The molecule has 1 unspecified atom stereocenters. The lowest BCUT2D eigenvalue weighted by atomic mass is 10.0. The van der Waals surface area contributed by atoms with Crippen molar-refractivity contribution >= 4 is 40.5 Å². The molecule has 0 bridgehead atoms. The highest BCUT2D eigenvalue weighted by Crippen LogP contribution is 2.31. The summed E-state index contributed by atoms with van der Waals surface area (Å²) in [6.07, 6.45) is 0.855. The number of benzene rings is 2. The van der Waals surface area contributed by atoms with Crippen molar-refractivity contribution in [2.75, 3.05) is 5.32 Å². The summed E-state index contributed by atoms with van der Waals surface area (Å²) >= 11 is 18.2. The summed E-state index contributed by atoms with van der Waals surface area (Å²) < 4.78 is 0. The lowest BCUT2D eigenvalue weighted by Gasteiger charge is -2.20. The molecule has 1 atom stereocenters. The molecule has 0 amide bonds. The predicted molar refractivity (Wildman–Crippen MR) is 89.3 cm³/mol. The number of halogens is 3. The Morgan fingerprint density at radius 1 is 1.05 bits per heavy atom. The van der Waals surface area contributed by atoms with Crippen molar-refractivity contribution in [3.63, 3.8) is 0 Å². The molecule has 2 aromatic carbocycles. The smallest absolute Gasteiger partial charge is 0.0992 e. The lowest BCUT2D eigenvalue weighted by Crippen LogP contribution is -2.10. The van der Waals surface area contributed by atoms with Gasteiger partial charge in [-0.1, -0.05) is 47.8 Å². The summed E-state index contributed by atoms with van der Waals surface area (Å²) in [5.74, 6) is 0. The Morgan fingerprint density at radius 3 is 2.38 bits per heavy atom. The van der Waals surface area contributed by atoms with Gasteiger partial charge in [0, 0.05) is 0 Å². The van der Waals surface area contributed by atoms with E-state index in [2.05, 4.69) is 18.3 Å². The first-order valence-electron chi connectivity index (χ1n) is 6.46. The number of nitrogens with zero attached hydrogens (tertiary/aromatic N) is 1. The molecular formula is C16H13Cl3N2. The van der Waals surface area contributed by atoms with Gasteiger partial charge in [0.15, 0.2) is 0 Å². The van der Waals surface area contributed by atoms with E-state index in [1.807, 2.05) is 12.1 Å². The largest absolute Gasteiger partial charge is 0.377 e. The maximum Gasteiger partial charge on any atom is 0.0992 e. The number of nitrogens with one attached hydrogen (secondary N) is 1. The fraction of sp³-hybridized carbons (Fsp3) is 0.188. The van der Waals surface area contributed by atoms with Gasteiger partial charge in [0.2, 0.25) is 0 Å². The molecule has 1 N–H and O–H groups in total. The van der Waals surface area contributed by atoms with Gasteiger partial charge in [-0.3, -0.25) is 0 Å². The van der Waals surface area contributed by atoms with Crippen molar-refractivity contribution in [1.29, 1.82) is 5.26 Å². The highest BCUT2D eigenvalue weighted by atomic mass is 35.5. The summed E-state index contributed by atoms with van der Waals surface area (Å²) in [7, 11) is 0. The number of rotatable bonds is 4. The molecule has 0 spiro atoms. The SMILES string of the molecule is CCC(Nc1ccc(C#N)cc1Cl)c1ccc(Cl)c(Cl)c1. The lowest BCUT2D eigenvalue weighted by molar-refractivity contribution is 0.749. The van der Waals surface area contributed by atoms with Crippen LogP contribution in [-0.4, -0.2) is 0 Å². The van der Waals surface area contributed by atoms with Crippen LogP contribution in [0.1, 0.15) is 30.5 Å². The van der Waals surface area contributed by atoms with Crippen LogP contribution in [0.15, 0.2) is 36.4 Å². The maximum absolute atomic E-state index is 8.86. The Hall–Kier alpha value is -1.40. The number of nitriles is 1. The zero-order valence-corrected chi connectivity index (χ0v) is 13.6. The topological polar surface area (TPSA) is 35.8 Å². The van der Waals surface area contributed by atoms with Crippen molar-refractivity contribution in [2.24, 2.45) is 0 Å². The molecule has 108 valence electrons. The van der Waals surface area contributed by atoms with Crippen LogP contribution in [-0.2, 0) is 0 Å². The van der Waals surface area contributed by atoms with Crippen molar-refractivity contribution in [2.45, 2.75) is 19.4 Å². The molecule has 21 heavy (non-hydrogen) atoms.